The Morgan fingerprint density at radius 2 is 2.15 bits per heavy atom. The minimum absolute atomic E-state index is 0.425. The van der Waals surface area contributed by atoms with E-state index in [1.807, 2.05) is 0 Å². The maximum Gasteiger partial charge on any atom is 0.384 e. The third-order valence-corrected chi connectivity index (χ3v) is 2.53. The van der Waals surface area contributed by atoms with E-state index in [2.05, 4.69) is 16.6 Å². The summed E-state index contributed by atoms with van der Waals surface area (Å²) in [5.41, 5.74) is 0. The Balaban J connectivity index is 2.10. The van der Waals surface area contributed by atoms with Gasteiger partial charge < -0.3 is 4.74 Å². The van der Waals surface area contributed by atoms with Crippen molar-refractivity contribution in [1.29, 1.82) is 0 Å². The fraction of sp³-hybridized carbons (Fsp3) is 0.727. The Morgan fingerprint density at radius 1 is 1.46 bits per heavy atom. The topological polar surface area (TPSA) is 26.3 Å². The fourth-order valence-corrected chi connectivity index (χ4v) is 1.76. The van der Waals surface area contributed by atoms with Gasteiger partial charge in [-0.2, -0.15) is 0 Å². The van der Waals surface area contributed by atoms with Gasteiger partial charge in [0.05, 0.1) is 7.11 Å². The first kappa shape index (κ1) is 10.1. The molecule has 2 nitrogen and oxygen atoms in total. The van der Waals surface area contributed by atoms with Gasteiger partial charge in [-0.3, -0.25) is 0 Å². The van der Waals surface area contributed by atoms with Crippen LogP contribution in [0.25, 0.3) is 0 Å². The van der Waals surface area contributed by atoms with Gasteiger partial charge >= 0.3 is 5.97 Å². The lowest BCUT2D eigenvalue weighted by Gasteiger charge is -2.03. The molecular weight excluding hydrogens is 164 g/mol. The first-order chi connectivity index (χ1) is 6.33. The van der Waals surface area contributed by atoms with Crippen LogP contribution in [0.4, 0.5) is 0 Å². The molecule has 13 heavy (non-hydrogen) atoms. The Hall–Kier alpha value is -0.970. The van der Waals surface area contributed by atoms with Crippen molar-refractivity contribution >= 4 is 5.97 Å². The second-order valence-corrected chi connectivity index (χ2v) is 3.48. The molecule has 1 rings (SSSR count). The quantitative estimate of drug-likeness (QED) is 0.369. The van der Waals surface area contributed by atoms with Crippen molar-refractivity contribution in [3.63, 3.8) is 0 Å². The molecular formula is C11H16O2. The molecule has 0 aromatic carbocycles. The minimum Gasteiger partial charge on any atom is -0.459 e. The van der Waals surface area contributed by atoms with Gasteiger partial charge in [0.2, 0.25) is 0 Å². The number of esters is 1. The molecule has 1 fully saturated rings. The van der Waals surface area contributed by atoms with Crippen LogP contribution in [0.15, 0.2) is 0 Å². The molecule has 0 unspecified atom stereocenters. The predicted octanol–water partition coefficient (Wildman–Crippen LogP) is 2.13. The van der Waals surface area contributed by atoms with Crippen molar-refractivity contribution in [3.05, 3.63) is 0 Å². The van der Waals surface area contributed by atoms with Crippen molar-refractivity contribution < 1.29 is 9.53 Å². The summed E-state index contributed by atoms with van der Waals surface area (Å²) in [4.78, 5) is 10.6. The molecule has 1 aliphatic carbocycles. The molecule has 0 amide bonds. The highest BCUT2D eigenvalue weighted by atomic mass is 16.5. The van der Waals surface area contributed by atoms with Crippen molar-refractivity contribution in [1.82, 2.24) is 0 Å². The lowest BCUT2D eigenvalue weighted by atomic mass is 10.0. The number of carbonyl (C=O) groups is 1. The fourth-order valence-electron chi connectivity index (χ4n) is 1.76. The summed E-state index contributed by atoms with van der Waals surface area (Å²) in [6.07, 6.45) is 7.41. The highest BCUT2D eigenvalue weighted by Crippen LogP contribution is 2.28. The lowest BCUT2D eigenvalue weighted by Crippen LogP contribution is -1.95. The smallest absolute Gasteiger partial charge is 0.384 e. The maximum absolute atomic E-state index is 10.6. The van der Waals surface area contributed by atoms with Crippen LogP contribution in [0.2, 0.25) is 0 Å². The van der Waals surface area contributed by atoms with Crippen molar-refractivity contribution in [2.45, 2.75) is 38.5 Å². The van der Waals surface area contributed by atoms with Gasteiger partial charge in [0.25, 0.3) is 0 Å². The van der Waals surface area contributed by atoms with Crippen LogP contribution < -0.4 is 0 Å². The molecule has 0 atom stereocenters. The highest BCUT2D eigenvalue weighted by Gasteiger charge is 2.13. The van der Waals surface area contributed by atoms with Gasteiger partial charge in [-0.25, -0.2) is 4.79 Å². The number of carbonyl (C=O) groups excluding carboxylic acids is 1. The molecule has 1 saturated carbocycles. The van der Waals surface area contributed by atoms with Crippen LogP contribution in [-0.2, 0) is 9.53 Å². The largest absolute Gasteiger partial charge is 0.459 e. The third-order valence-electron chi connectivity index (χ3n) is 2.53. The zero-order valence-electron chi connectivity index (χ0n) is 8.14. The zero-order valence-corrected chi connectivity index (χ0v) is 8.14. The van der Waals surface area contributed by atoms with Crippen LogP contribution in [0.1, 0.15) is 38.5 Å². The zero-order chi connectivity index (χ0) is 9.52. The predicted molar refractivity (Wildman–Crippen MR) is 51.0 cm³/mol. The van der Waals surface area contributed by atoms with E-state index in [0.29, 0.717) is 0 Å². The molecule has 0 bridgehead atoms. The van der Waals surface area contributed by atoms with E-state index in [-0.39, 0.29) is 0 Å². The molecule has 72 valence electrons. The van der Waals surface area contributed by atoms with Crippen molar-refractivity contribution in [3.8, 4) is 11.8 Å². The lowest BCUT2D eigenvalue weighted by molar-refractivity contribution is -0.133. The summed E-state index contributed by atoms with van der Waals surface area (Å²) in [6.45, 7) is 0. The van der Waals surface area contributed by atoms with Gasteiger partial charge in [-0.05, 0) is 12.3 Å². The summed E-state index contributed by atoms with van der Waals surface area (Å²) in [7, 11) is 1.36. The van der Waals surface area contributed by atoms with Crippen LogP contribution in [0, 0.1) is 17.8 Å². The molecule has 0 saturated heterocycles. The van der Waals surface area contributed by atoms with E-state index in [1.54, 1.807) is 0 Å². The molecule has 2 heteroatoms. The summed E-state index contributed by atoms with van der Waals surface area (Å²) < 4.78 is 4.41. The summed E-state index contributed by atoms with van der Waals surface area (Å²) >= 11 is 0. The Kier molecular flexibility index (Phi) is 4.39. The Labute approximate surface area is 79.7 Å². The van der Waals surface area contributed by atoms with Crippen molar-refractivity contribution in [2.75, 3.05) is 7.11 Å². The van der Waals surface area contributed by atoms with Gasteiger partial charge in [0.15, 0.2) is 0 Å². The highest BCUT2D eigenvalue weighted by molar-refractivity contribution is 5.88. The average molecular weight is 180 g/mol. The SMILES string of the molecule is COC(=O)C#CCCC1CCCC1. The number of methoxy groups -OCH3 is 1. The van der Waals surface area contributed by atoms with Crippen LogP contribution in [-0.4, -0.2) is 13.1 Å². The maximum atomic E-state index is 10.6. The molecule has 0 spiro atoms. The Bertz CT molecular complexity index is 216. The summed E-state index contributed by atoms with van der Waals surface area (Å²) in [5, 5.41) is 0. The minimum atomic E-state index is -0.425. The normalized spacial score (nSPS) is 16.4. The van der Waals surface area contributed by atoms with Crippen LogP contribution in [0.5, 0.6) is 0 Å². The van der Waals surface area contributed by atoms with E-state index in [4.69, 9.17) is 0 Å². The van der Waals surface area contributed by atoms with Crippen LogP contribution in [0.3, 0.4) is 0 Å². The summed E-state index contributed by atoms with van der Waals surface area (Å²) in [5.74, 6) is 5.71. The monoisotopic (exact) mass is 180 g/mol. The van der Waals surface area contributed by atoms with E-state index < -0.39 is 5.97 Å². The third kappa shape index (κ3) is 3.98. The molecule has 0 heterocycles. The summed E-state index contributed by atoms with van der Waals surface area (Å²) in [6, 6.07) is 0. The first-order valence-electron chi connectivity index (χ1n) is 4.89. The van der Waals surface area contributed by atoms with Gasteiger partial charge in [0.1, 0.15) is 0 Å². The number of hydrogen-bond donors (Lipinski definition) is 0. The molecule has 0 N–H and O–H groups in total. The van der Waals surface area contributed by atoms with E-state index >= 15 is 0 Å². The van der Waals surface area contributed by atoms with Gasteiger partial charge in [-0.15, -0.1) is 0 Å². The van der Waals surface area contributed by atoms with Crippen molar-refractivity contribution in [2.24, 2.45) is 5.92 Å². The second kappa shape index (κ2) is 5.64. The number of rotatable bonds is 2. The second-order valence-electron chi connectivity index (χ2n) is 3.48. The van der Waals surface area contributed by atoms with Crippen LogP contribution >= 0.6 is 0 Å². The molecule has 0 aromatic heterocycles. The van der Waals surface area contributed by atoms with Gasteiger partial charge in [-0.1, -0.05) is 31.6 Å². The van der Waals surface area contributed by atoms with E-state index in [0.717, 1.165) is 18.8 Å². The van der Waals surface area contributed by atoms with Gasteiger partial charge in [0, 0.05) is 12.3 Å². The Morgan fingerprint density at radius 3 is 2.77 bits per heavy atom. The van der Waals surface area contributed by atoms with E-state index in [9.17, 15) is 4.79 Å². The standard InChI is InChI=1S/C11H16O2/c1-13-11(12)9-5-4-8-10-6-2-3-7-10/h10H,2-4,6-8H2,1H3. The average Bonchev–Trinajstić information content (AvgIpc) is 2.64. The number of ether oxygens (including phenoxy) is 1. The van der Waals surface area contributed by atoms with E-state index in [1.165, 1.54) is 32.8 Å². The molecule has 1 aliphatic rings. The molecule has 0 radical (unpaired) electrons. The first-order valence-corrected chi connectivity index (χ1v) is 4.89. The number of hydrogen-bond acceptors (Lipinski definition) is 2. The molecule has 0 aliphatic heterocycles. The molecule has 0 aromatic rings.